The lowest BCUT2D eigenvalue weighted by molar-refractivity contribution is -0.137. The number of hydrogen-bond donors (Lipinski definition) is 1. The van der Waals surface area contributed by atoms with E-state index in [1.807, 2.05) is 12.3 Å². The second kappa shape index (κ2) is 6.63. The highest BCUT2D eigenvalue weighted by molar-refractivity contribution is 7.09. The molecular formula is C18H17F3N2OS. The number of amides is 1. The molecule has 1 amide bonds. The minimum absolute atomic E-state index is 0.331. The molecule has 1 aliphatic rings. The smallest absolute Gasteiger partial charge is 0.343 e. The van der Waals surface area contributed by atoms with E-state index in [-0.39, 0.29) is 5.91 Å². The number of benzene rings is 1. The number of thiazole rings is 1. The maximum Gasteiger partial charge on any atom is 0.416 e. The van der Waals surface area contributed by atoms with Gasteiger partial charge in [-0.1, -0.05) is 12.1 Å². The Kier molecular flexibility index (Phi) is 4.69. The quantitative estimate of drug-likeness (QED) is 0.799. The molecule has 0 bridgehead atoms. The topological polar surface area (TPSA) is 42.0 Å². The lowest BCUT2D eigenvalue weighted by Crippen LogP contribution is -2.50. The molecule has 1 aromatic heterocycles. The number of nitrogens with zero attached hydrogens (tertiary/aromatic N) is 1. The highest BCUT2D eigenvalue weighted by atomic mass is 32.1. The molecule has 132 valence electrons. The van der Waals surface area contributed by atoms with Crippen LogP contribution in [0.15, 0.2) is 35.7 Å². The van der Waals surface area contributed by atoms with Crippen LogP contribution in [0.4, 0.5) is 13.2 Å². The van der Waals surface area contributed by atoms with E-state index in [1.54, 1.807) is 12.1 Å². The molecule has 0 aliphatic heterocycles. The van der Waals surface area contributed by atoms with Crippen LogP contribution < -0.4 is 5.32 Å². The fourth-order valence-electron chi connectivity index (χ4n) is 2.90. The van der Waals surface area contributed by atoms with Gasteiger partial charge in [-0.2, -0.15) is 13.2 Å². The zero-order valence-electron chi connectivity index (χ0n) is 13.6. The first-order valence-electron chi connectivity index (χ1n) is 7.89. The maximum atomic E-state index is 12.9. The fraction of sp³-hybridized carbons (Fsp3) is 0.333. The van der Waals surface area contributed by atoms with Crippen molar-refractivity contribution in [1.82, 2.24) is 10.3 Å². The van der Waals surface area contributed by atoms with E-state index in [4.69, 9.17) is 0 Å². The van der Waals surface area contributed by atoms with Gasteiger partial charge >= 0.3 is 6.18 Å². The third kappa shape index (κ3) is 3.92. The molecule has 1 fully saturated rings. The number of carbonyl (C=O) groups is 1. The van der Waals surface area contributed by atoms with Gasteiger partial charge < -0.3 is 5.32 Å². The number of nitrogens with one attached hydrogen (secondary N) is 1. The summed E-state index contributed by atoms with van der Waals surface area (Å²) in [6.45, 7) is 1.87. The first-order valence-corrected chi connectivity index (χ1v) is 8.77. The Bertz CT molecular complexity index is 807. The van der Waals surface area contributed by atoms with Gasteiger partial charge in [-0.05, 0) is 50.0 Å². The Hall–Kier alpha value is -2.15. The summed E-state index contributed by atoms with van der Waals surface area (Å²) < 4.78 is 38.8. The van der Waals surface area contributed by atoms with Crippen LogP contribution in [0.3, 0.4) is 0 Å². The molecular weight excluding hydrogens is 349 g/mol. The van der Waals surface area contributed by atoms with Gasteiger partial charge in [0.1, 0.15) is 0 Å². The summed E-state index contributed by atoms with van der Waals surface area (Å²) in [5, 5.41) is 5.63. The van der Waals surface area contributed by atoms with Crippen LogP contribution in [0.2, 0.25) is 0 Å². The zero-order valence-corrected chi connectivity index (χ0v) is 14.4. The van der Waals surface area contributed by atoms with Crippen molar-refractivity contribution < 1.29 is 18.0 Å². The van der Waals surface area contributed by atoms with Crippen LogP contribution in [-0.4, -0.2) is 10.9 Å². The lowest BCUT2D eigenvalue weighted by atomic mass is 9.71. The van der Waals surface area contributed by atoms with Gasteiger partial charge in [-0.25, -0.2) is 4.98 Å². The van der Waals surface area contributed by atoms with Crippen LogP contribution in [0.1, 0.15) is 41.1 Å². The highest BCUT2D eigenvalue weighted by Crippen LogP contribution is 2.42. The SMILES string of the molecule is Cc1nc(/C=C/C(=O)NC2(c3cccc(C(F)(F)F)c3)CCC2)cs1. The second-order valence-electron chi connectivity index (χ2n) is 6.13. The molecule has 1 N–H and O–H groups in total. The maximum absolute atomic E-state index is 12.9. The third-order valence-electron chi connectivity index (χ3n) is 4.35. The van der Waals surface area contributed by atoms with Crippen molar-refractivity contribution in [3.63, 3.8) is 0 Å². The van der Waals surface area contributed by atoms with Gasteiger partial charge in [0.25, 0.3) is 0 Å². The molecule has 1 heterocycles. The average Bonchev–Trinajstić information content (AvgIpc) is 2.94. The Morgan fingerprint density at radius 1 is 1.36 bits per heavy atom. The first-order chi connectivity index (χ1) is 11.8. The molecule has 0 saturated heterocycles. The number of carbonyl (C=O) groups excluding carboxylic acids is 1. The first kappa shape index (κ1) is 17.7. The van der Waals surface area contributed by atoms with E-state index in [0.717, 1.165) is 23.6 Å². The molecule has 2 aromatic rings. The largest absolute Gasteiger partial charge is 0.416 e. The number of aryl methyl sites for hydroxylation is 1. The van der Waals surface area contributed by atoms with Gasteiger partial charge in [-0.15, -0.1) is 11.3 Å². The van der Waals surface area contributed by atoms with Crippen LogP contribution in [0.5, 0.6) is 0 Å². The molecule has 0 radical (unpaired) electrons. The summed E-state index contributed by atoms with van der Waals surface area (Å²) in [5.74, 6) is -0.331. The van der Waals surface area contributed by atoms with Crippen LogP contribution in [-0.2, 0) is 16.5 Å². The van der Waals surface area contributed by atoms with Crippen molar-refractivity contribution in [2.45, 2.75) is 37.9 Å². The third-order valence-corrected chi connectivity index (χ3v) is 5.15. The molecule has 0 spiro atoms. The summed E-state index contributed by atoms with van der Waals surface area (Å²) >= 11 is 1.49. The van der Waals surface area contributed by atoms with E-state index < -0.39 is 17.3 Å². The van der Waals surface area contributed by atoms with E-state index in [0.29, 0.717) is 24.1 Å². The zero-order chi connectivity index (χ0) is 18.1. The highest BCUT2D eigenvalue weighted by Gasteiger charge is 2.41. The van der Waals surface area contributed by atoms with Crippen LogP contribution >= 0.6 is 11.3 Å². The summed E-state index contributed by atoms with van der Waals surface area (Å²) in [7, 11) is 0. The van der Waals surface area contributed by atoms with Gasteiger partial charge in [0.05, 0.1) is 21.8 Å². The number of alkyl halides is 3. The van der Waals surface area contributed by atoms with Crippen molar-refractivity contribution in [3.05, 3.63) is 57.6 Å². The number of hydrogen-bond acceptors (Lipinski definition) is 3. The Morgan fingerprint density at radius 3 is 2.68 bits per heavy atom. The monoisotopic (exact) mass is 366 g/mol. The number of halogens is 3. The predicted octanol–water partition coefficient (Wildman–Crippen LogP) is 4.68. The average molecular weight is 366 g/mol. The van der Waals surface area contributed by atoms with Gasteiger partial charge in [0.15, 0.2) is 0 Å². The van der Waals surface area contributed by atoms with E-state index in [1.165, 1.54) is 23.5 Å². The molecule has 1 aliphatic carbocycles. The van der Waals surface area contributed by atoms with Crippen molar-refractivity contribution in [2.75, 3.05) is 0 Å². The standard InChI is InChI=1S/C18H17F3N2OS/c1-12-22-15(11-25-12)6-7-16(24)23-17(8-3-9-17)13-4-2-5-14(10-13)18(19,20)21/h2,4-7,10-11H,3,8-9H2,1H3,(H,23,24)/b7-6+. The van der Waals surface area contributed by atoms with Crippen LogP contribution in [0.25, 0.3) is 6.08 Å². The van der Waals surface area contributed by atoms with Crippen molar-refractivity contribution >= 4 is 23.3 Å². The van der Waals surface area contributed by atoms with Gasteiger partial charge in [0.2, 0.25) is 5.91 Å². The van der Waals surface area contributed by atoms with Crippen LogP contribution in [0, 0.1) is 6.92 Å². The molecule has 25 heavy (non-hydrogen) atoms. The summed E-state index contributed by atoms with van der Waals surface area (Å²) in [6, 6.07) is 5.20. The molecule has 1 saturated carbocycles. The molecule has 3 rings (SSSR count). The Balaban J connectivity index is 1.77. The Labute approximate surface area is 147 Å². The predicted molar refractivity (Wildman–Crippen MR) is 91.0 cm³/mol. The van der Waals surface area contributed by atoms with Crippen molar-refractivity contribution in [2.24, 2.45) is 0 Å². The minimum atomic E-state index is -4.40. The summed E-state index contributed by atoms with van der Waals surface area (Å²) in [5.41, 5.74) is -0.223. The minimum Gasteiger partial charge on any atom is -0.343 e. The fourth-order valence-corrected chi connectivity index (χ4v) is 3.49. The van der Waals surface area contributed by atoms with Gasteiger partial charge in [0, 0.05) is 11.5 Å². The molecule has 7 heteroatoms. The number of rotatable bonds is 4. The molecule has 0 atom stereocenters. The van der Waals surface area contributed by atoms with E-state index in [9.17, 15) is 18.0 Å². The molecule has 1 aromatic carbocycles. The van der Waals surface area contributed by atoms with Crippen molar-refractivity contribution in [3.8, 4) is 0 Å². The normalized spacial score (nSPS) is 16.6. The van der Waals surface area contributed by atoms with E-state index >= 15 is 0 Å². The molecule has 0 unspecified atom stereocenters. The number of aromatic nitrogens is 1. The lowest BCUT2D eigenvalue weighted by Gasteiger charge is -2.43. The summed E-state index contributed by atoms with van der Waals surface area (Å²) in [4.78, 5) is 16.5. The van der Waals surface area contributed by atoms with E-state index in [2.05, 4.69) is 10.3 Å². The summed E-state index contributed by atoms with van der Waals surface area (Å²) in [6.07, 6.45) is 0.714. The Morgan fingerprint density at radius 2 is 2.12 bits per heavy atom. The molecule has 3 nitrogen and oxygen atoms in total. The van der Waals surface area contributed by atoms with Crippen molar-refractivity contribution in [1.29, 1.82) is 0 Å². The second-order valence-corrected chi connectivity index (χ2v) is 7.19. The van der Waals surface area contributed by atoms with Gasteiger partial charge in [-0.3, -0.25) is 4.79 Å².